The summed E-state index contributed by atoms with van der Waals surface area (Å²) < 4.78 is 0. The molecule has 0 saturated carbocycles. The predicted octanol–water partition coefficient (Wildman–Crippen LogP) is 12.0. The highest BCUT2D eigenvalue weighted by molar-refractivity contribution is 6.24. The van der Waals surface area contributed by atoms with Crippen molar-refractivity contribution in [1.82, 2.24) is 4.98 Å². The molecule has 0 aliphatic heterocycles. The maximum Gasteiger partial charge on any atom is 0.137 e. The van der Waals surface area contributed by atoms with E-state index in [9.17, 15) is 0 Å². The molecule has 2 nitrogen and oxygen atoms in total. The van der Waals surface area contributed by atoms with E-state index in [1.165, 1.54) is 65.0 Å². The Morgan fingerprint density at radius 3 is 1.62 bits per heavy atom. The molecule has 0 aliphatic rings. The van der Waals surface area contributed by atoms with Crippen LogP contribution in [0.1, 0.15) is 0 Å². The van der Waals surface area contributed by atoms with E-state index >= 15 is 0 Å². The second kappa shape index (κ2) is 10.3. The Balaban J connectivity index is 1.44. The number of rotatable bonds is 4. The molecule has 0 bridgehead atoms. The molecule has 0 atom stereocenters. The molecule has 210 valence electrons. The van der Waals surface area contributed by atoms with Gasteiger partial charge in [-0.1, -0.05) is 140 Å². The van der Waals surface area contributed by atoms with Crippen molar-refractivity contribution < 1.29 is 0 Å². The predicted molar refractivity (Wildman–Crippen MR) is 192 cm³/mol. The van der Waals surface area contributed by atoms with E-state index in [4.69, 9.17) is 4.98 Å². The highest BCUT2D eigenvalue weighted by Crippen LogP contribution is 2.49. The highest BCUT2D eigenvalue weighted by Gasteiger charge is 2.24. The SMILES string of the molecule is c1ccc(N(c2c3ccccc3c(-c3ccc4ccccc4c3)c3ccccc23)c2cc3ccccc3c3ccccc23)nc1. The summed E-state index contributed by atoms with van der Waals surface area (Å²) in [5.41, 5.74) is 4.70. The summed E-state index contributed by atoms with van der Waals surface area (Å²) in [5.74, 6) is 0.881. The van der Waals surface area contributed by atoms with E-state index in [0.29, 0.717) is 0 Å². The van der Waals surface area contributed by atoms with Crippen LogP contribution >= 0.6 is 0 Å². The maximum absolute atomic E-state index is 4.97. The summed E-state index contributed by atoms with van der Waals surface area (Å²) in [6, 6.07) is 59.0. The fourth-order valence-corrected chi connectivity index (χ4v) is 7.07. The van der Waals surface area contributed by atoms with Gasteiger partial charge in [0.15, 0.2) is 0 Å². The number of pyridine rings is 1. The molecule has 9 rings (SSSR count). The van der Waals surface area contributed by atoms with Crippen LogP contribution in [0.25, 0.3) is 65.0 Å². The molecule has 0 fully saturated rings. The minimum atomic E-state index is 0.881. The smallest absolute Gasteiger partial charge is 0.137 e. The Labute approximate surface area is 261 Å². The van der Waals surface area contributed by atoms with Crippen LogP contribution in [-0.2, 0) is 0 Å². The van der Waals surface area contributed by atoms with Gasteiger partial charge in [-0.2, -0.15) is 0 Å². The molecule has 9 aromatic rings. The third-order valence-electron chi connectivity index (χ3n) is 9.03. The van der Waals surface area contributed by atoms with Gasteiger partial charge in [0.25, 0.3) is 0 Å². The molecule has 0 N–H and O–H groups in total. The van der Waals surface area contributed by atoms with Gasteiger partial charge in [0, 0.05) is 22.4 Å². The van der Waals surface area contributed by atoms with Gasteiger partial charge < -0.3 is 0 Å². The first-order valence-corrected chi connectivity index (χ1v) is 15.4. The zero-order valence-corrected chi connectivity index (χ0v) is 24.6. The van der Waals surface area contributed by atoms with Crippen molar-refractivity contribution in [3.05, 3.63) is 170 Å². The second-order valence-electron chi connectivity index (χ2n) is 11.6. The first-order chi connectivity index (χ1) is 22.3. The maximum atomic E-state index is 4.97. The van der Waals surface area contributed by atoms with Crippen molar-refractivity contribution >= 4 is 71.1 Å². The Morgan fingerprint density at radius 2 is 0.933 bits per heavy atom. The fraction of sp³-hybridized carbons (Fsp3) is 0. The molecule has 1 heterocycles. The Hall–Kier alpha value is -5.99. The molecule has 0 radical (unpaired) electrons. The van der Waals surface area contributed by atoms with E-state index in [-0.39, 0.29) is 0 Å². The lowest BCUT2D eigenvalue weighted by Gasteiger charge is -2.30. The Morgan fingerprint density at radius 1 is 0.378 bits per heavy atom. The van der Waals surface area contributed by atoms with Crippen molar-refractivity contribution in [1.29, 1.82) is 0 Å². The van der Waals surface area contributed by atoms with Crippen LogP contribution in [0, 0.1) is 0 Å². The molecule has 45 heavy (non-hydrogen) atoms. The van der Waals surface area contributed by atoms with Crippen molar-refractivity contribution in [2.75, 3.05) is 4.90 Å². The van der Waals surface area contributed by atoms with Crippen LogP contribution in [-0.4, -0.2) is 4.98 Å². The minimum absolute atomic E-state index is 0.881. The van der Waals surface area contributed by atoms with Gasteiger partial charge in [-0.15, -0.1) is 0 Å². The number of benzene rings is 8. The summed E-state index contributed by atoms with van der Waals surface area (Å²) in [5, 5.41) is 12.2. The summed E-state index contributed by atoms with van der Waals surface area (Å²) in [6.45, 7) is 0. The normalized spacial score (nSPS) is 11.6. The number of hydrogen-bond acceptors (Lipinski definition) is 2. The summed E-state index contributed by atoms with van der Waals surface area (Å²) in [7, 11) is 0. The zero-order valence-electron chi connectivity index (χ0n) is 24.6. The van der Waals surface area contributed by atoms with Gasteiger partial charge in [0.2, 0.25) is 0 Å². The molecular weight excluding hydrogens is 544 g/mol. The second-order valence-corrected chi connectivity index (χ2v) is 11.6. The van der Waals surface area contributed by atoms with Gasteiger partial charge >= 0.3 is 0 Å². The van der Waals surface area contributed by atoms with Crippen molar-refractivity contribution in [3.8, 4) is 11.1 Å². The molecule has 0 saturated heterocycles. The number of anilines is 3. The first-order valence-electron chi connectivity index (χ1n) is 15.4. The van der Waals surface area contributed by atoms with E-state index < -0.39 is 0 Å². The van der Waals surface area contributed by atoms with Gasteiger partial charge in [-0.25, -0.2) is 4.98 Å². The molecule has 8 aromatic carbocycles. The number of aromatic nitrogens is 1. The first kappa shape index (κ1) is 25.5. The molecule has 0 aliphatic carbocycles. The fourth-order valence-electron chi connectivity index (χ4n) is 7.07. The van der Waals surface area contributed by atoms with Crippen LogP contribution in [0.4, 0.5) is 17.2 Å². The summed E-state index contributed by atoms with van der Waals surface area (Å²) in [6.07, 6.45) is 1.89. The van der Waals surface area contributed by atoms with Crippen LogP contribution in [0.3, 0.4) is 0 Å². The molecule has 0 spiro atoms. The standard InChI is InChI=1S/C43H28N2/c1-2-14-30-27-32(25-24-29(30)13-1)42-36-19-7-9-21-38(36)43(39-22-10-8-20-37(39)42)45(41-23-11-12-26-44-41)40-28-31-15-3-4-16-33(31)34-17-5-6-18-35(34)40/h1-28H. The lowest BCUT2D eigenvalue weighted by atomic mass is 9.89. The molecule has 0 unspecified atom stereocenters. The minimum Gasteiger partial charge on any atom is -0.293 e. The van der Waals surface area contributed by atoms with Crippen LogP contribution in [0.15, 0.2) is 170 Å². The molecular formula is C43H28N2. The van der Waals surface area contributed by atoms with E-state index in [1.54, 1.807) is 0 Å². The average Bonchev–Trinajstić information content (AvgIpc) is 3.12. The van der Waals surface area contributed by atoms with Crippen molar-refractivity contribution in [2.24, 2.45) is 0 Å². The third kappa shape index (κ3) is 4.07. The van der Waals surface area contributed by atoms with Crippen LogP contribution in [0.5, 0.6) is 0 Å². The Bertz CT molecular complexity index is 2490. The number of nitrogens with zero attached hydrogens (tertiary/aromatic N) is 2. The Kier molecular flexibility index (Phi) is 5.85. The van der Waals surface area contributed by atoms with Crippen LogP contribution < -0.4 is 4.90 Å². The van der Waals surface area contributed by atoms with E-state index in [1.807, 2.05) is 12.3 Å². The summed E-state index contributed by atoms with van der Waals surface area (Å²) >= 11 is 0. The lowest BCUT2D eigenvalue weighted by Crippen LogP contribution is -2.13. The summed E-state index contributed by atoms with van der Waals surface area (Å²) in [4.78, 5) is 7.35. The number of hydrogen-bond donors (Lipinski definition) is 0. The molecule has 1 aromatic heterocycles. The lowest BCUT2D eigenvalue weighted by molar-refractivity contribution is 1.20. The van der Waals surface area contributed by atoms with Gasteiger partial charge in [-0.3, -0.25) is 4.90 Å². The largest absolute Gasteiger partial charge is 0.293 e. The van der Waals surface area contributed by atoms with E-state index in [2.05, 4.69) is 163 Å². The quantitative estimate of drug-likeness (QED) is 0.154. The molecule has 0 amide bonds. The highest BCUT2D eigenvalue weighted by atomic mass is 15.2. The average molecular weight is 573 g/mol. The topological polar surface area (TPSA) is 16.1 Å². The third-order valence-corrected chi connectivity index (χ3v) is 9.03. The van der Waals surface area contributed by atoms with E-state index in [0.717, 1.165) is 17.2 Å². The van der Waals surface area contributed by atoms with Crippen molar-refractivity contribution in [3.63, 3.8) is 0 Å². The monoisotopic (exact) mass is 572 g/mol. The van der Waals surface area contributed by atoms with Gasteiger partial charge in [0.1, 0.15) is 5.82 Å². The number of fused-ring (bicyclic) bond motifs is 6. The molecule has 2 heteroatoms. The van der Waals surface area contributed by atoms with Gasteiger partial charge in [-0.05, 0) is 73.1 Å². The van der Waals surface area contributed by atoms with Gasteiger partial charge in [0.05, 0.1) is 11.4 Å². The van der Waals surface area contributed by atoms with Crippen molar-refractivity contribution in [2.45, 2.75) is 0 Å². The zero-order chi connectivity index (χ0) is 29.7. The van der Waals surface area contributed by atoms with Crippen LogP contribution in [0.2, 0.25) is 0 Å².